The first-order valence-electron chi connectivity index (χ1n) is 6.48. The Balaban J connectivity index is 1.84. The Kier molecular flexibility index (Phi) is 5.67. The van der Waals surface area contributed by atoms with E-state index >= 15 is 0 Å². The Morgan fingerprint density at radius 3 is 3.00 bits per heavy atom. The van der Waals surface area contributed by atoms with Crippen molar-refractivity contribution < 1.29 is 13.7 Å². The molecule has 0 amide bonds. The third-order valence-corrected chi connectivity index (χ3v) is 4.94. The molecular formula is C14H19ClO3S. The fraction of sp³-hybridized carbons (Fsp3) is 0.571. The molecule has 106 valence electrons. The second-order valence-electron chi connectivity index (χ2n) is 4.67. The molecule has 1 aromatic rings. The number of hydrogen-bond acceptors (Lipinski definition) is 3. The van der Waals surface area contributed by atoms with Gasteiger partial charge in [0.1, 0.15) is 5.75 Å². The second-order valence-corrected chi connectivity index (χ2v) is 6.65. The zero-order chi connectivity index (χ0) is 13.7. The number of halogens is 1. The van der Waals surface area contributed by atoms with Gasteiger partial charge in [-0.05, 0) is 37.0 Å². The molecule has 3 nitrogen and oxygen atoms in total. The van der Waals surface area contributed by atoms with Crippen LogP contribution in [-0.4, -0.2) is 29.8 Å². The zero-order valence-electron chi connectivity index (χ0n) is 11.1. The van der Waals surface area contributed by atoms with Crippen LogP contribution in [0.5, 0.6) is 5.75 Å². The normalized spacial score (nSPS) is 20.4. The lowest BCUT2D eigenvalue weighted by Gasteiger charge is -2.10. The fourth-order valence-corrected chi connectivity index (χ4v) is 3.74. The molecule has 0 N–H and O–H groups in total. The SMILES string of the molecule is COc1ccc(C[S@@](=O)CC[C@@H]2CCCO2)c(Cl)c1. The van der Waals surface area contributed by atoms with Gasteiger partial charge >= 0.3 is 0 Å². The Labute approximate surface area is 121 Å². The highest BCUT2D eigenvalue weighted by Gasteiger charge is 2.16. The predicted molar refractivity (Wildman–Crippen MR) is 78.3 cm³/mol. The lowest BCUT2D eigenvalue weighted by Crippen LogP contribution is -2.11. The van der Waals surface area contributed by atoms with Crippen LogP contribution in [0.4, 0.5) is 0 Å². The van der Waals surface area contributed by atoms with E-state index in [0.29, 0.717) is 22.6 Å². The highest BCUT2D eigenvalue weighted by atomic mass is 35.5. The molecule has 1 saturated heterocycles. The van der Waals surface area contributed by atoms with E-state index in [4.69, 9.17) is 21.1 Å². The average molecular weight is 303 g/mol. The first-order valence-corrected chi connectivity index (χ1v) is 8.34. The van der Waals surface area contributed by atoms with Gasteiger partial charge in [0, 0.05) is 33.9 Å². The minimum atomic E-state index is -0.891. The van der Waals surface area contributed by atoms with Crippen LogP contribution in [0.1, 0.15) is 24.8 Å². The summed E-state index contributed by atoms with van der Waals surface area (Å²) < 4.78 is 22.7. The number of hydrogen-bond donors (Lipinski definition) is 0. The molecule has 1 aliphatic rings. The van der Waals surface area contributed by atoms with E-state index in [-0.39, 0.29) is 0 Å². The molecule has 2 rings (SSSR count). The first-order chi connectivity index (χ1) is 9.19. The van der Waals surface area contributed by atoms with Gasteiger partial charge in [-0.2, -0.15) is 0 Å². The molecule has 0 aromatic heterocycles. The van der Waals surface area contributed by atoms with Crippen LogP contribution >= 0.6 is 11.6 Å². The van der Waals surface area contributed by atoms with Crippen LogP contribution in [0, 0.1) is 0 Å². The van der Waals surface area contributed by atoms with Crippen LogP contribution in [0.15, 0.2) is 18.2 Å². The van der Waals surface area contributed by atoms with Crippen molar-refractivity contribution in [1.29, 1.82) is 0 Å². The summed E-state index contributed by atoms with van der Waals surface area (Å²) in [5.41, 5.74) is 0.910. The van der Waals surface area contributed by atoms with Crippen molar-refractivity contribution in [1.82, 2.24) is 0 Å². The predicted octanol–water partition coefficient (Wildman–Crippen LogP) is 3.17. The fourth-order valence-electron chi connectivity index (χ4n) is 2.15. The monoisotopic (exact) mass is 302 g/mol. The zero-order valence-corrected chi connectivity index (χ0v) is 12.6. The van der Waals surface area contributed by atoms with E-state index < -0.39 is 10.8 Å². The summed E-state index contributed by atoms with van der Waals surface area (Å²) in [5, 5.41) is 0.616. The first kappa shape index (κ1) is 14.8. The van der Waals surface area contributed by atoms with Crippen molar-refractivity contribution in [3.8, 4) is 5.75 Å². The Hall–Kier alpha value is -0.580. The summed E-state index contributed by atoms with van der Waals surface area (Å²) in [6, 6.07) is 5.48. The summed E-state index contributed by atoms with van der Waals surface area (Å²) in [6.45, 7) is 0.849. The maximum atomic E-state index is 12.0. The molecule has 0 spiro atoms. The van der Waals surface area contributed by atoms with Gasteiger partial charge in [-0.3, -0.25) is 4.21 Å². The number of benzene rings is 1. The Morgan fingerprint density at radius 1 is 1.53 bits per heavy atom. The van der Waals surface area contributed by atoms with Crippen molar-refractivity contribution in [2.45, 2.75) is 31.1 Å². The number of ether oxygens (including phenoxy) is 2. The second kappa shape index (κ2) is 7.27. The van der Waals surface area contributed by atoms with Crippen molar-refractivity contribution in [2.75, 3.05) is 19.5 Å². The summed E-state index contributed by atoms with van der Waals surface area (Å²) in [5.74, 6) is 1.89. The van der Waals surface area contributed by atoms with Crippen molar-refractivity contribution in [2.24, 2.45) is 0 Å². The molecular weight excluding hydrogens is 284 g/mol. The lowest BCUT2D eigenvalue weighted by atomic mass is 10.2. The molecule has 1 heterocycles. The van der Waals surface area contributed by atoms with Crippen LogP contribution in [0.3, 0.4) is 0 Å². The molecule has 1 aliphatic heterocycles. The van der Waals surface area contributed by atoms with Crippen LogP contribution in [0.25, 0.3) is 0 Å². The third kappa shape index (κ3) is 4.48. The highest BCUT2D eigenvalue weighted by molar-refractivity contribution is 7.84. The van der Waals surface area contributed by atoms with Gasteiger partial charge in [0.15, 0.2) is 0 Å². The van der Waals surface area contributed by atoms with E-state index in [1.54, 1.807) is 13.2 Å². The van der Waals surface area contributed by atoms with E-state index in [9.17, 15) is 4.21 Å². The Bertz CT molecular complexity index is 444. The van der Waals surface area contributed by atoms with Gasteiger partial charge in [0.25, 0.3) is 0 Å². The lowest BCUT2D eigenvalue weighted by molar-refractivity contribution is 0.109. The van der Waals surface area contributed by atoms with E-state index in [0.717, 1.165) is 37.2 Å². The molecule has 0 bridgehead atoms. The van der Waals surface area contributed by atoms with Gasteiger partial charge in [-0.15, -0.1) is 0 Å². The van der Waals surface area contributed by atoms with Gasteiger partial charge < -0.3 is 9.47 Å². The minimum Gasteiger partial charge on any atom is -0.497 e. The van der Waals surface area contributed by atoms with Crippen molar-refractivity contribution in [3.05, 3.63) is 28.8 Å². The Morgan fingerprint density at radius 2 is 2.37 bits per heavy atom. The molecule has 0 unspecified atom stereocenters. The van der Waals surface area contributed by atoms with Gasteiger partial charge in [-0.25, -0.2) is 0 Å². The summed E-state index contributed by atoms with van der Waals surface area (Å²) >= 11 is 6.14. The quantitative estimate of drug-likeness (QED) is 0.810. The molecule has 1 aromatic carbocycles. The third-order valence-electron chi connectivity index (χ3n) is 3.27. The van der Waals surface area contributed by atoms with E-state index in [2.05, 4.69) is 0 Å². The number of methoxy groups -OCH3 is 1. The summed E-state index contributed by atoms with van der Waals surface area (Å²) in [7, 11) is 0.711. The summed E-state index contributed by atoms with van der Waals surface area (Å²) in [6.07, 6.45) is 3.40. The topological polar surface area (TPSA) is 35.5 Å². The maximum absolute atomic E-state index is 12.0. The van der Waals surface area contributed by atoms with E-state index in [1.165, 1.54) is 0 Å². The van der Waals surface area contributed by atoms with Crippen molar-refractivity contribution >= 4 is 22.4 Å². The van der Waals surface area contributed by atoms with E-state index in [1.807, 2.05) is 12.1 Å². The van der Waals surface area contributed by atoms with Gasteiger partial charge in [0.2, 0.25) is 0 Å². The molecule has 19 heavy (non-hydrogen) atoms. The van der Waals surface area contributed by atoms with Crippen molar-refractivity contribution in [3.63, 3.8) is 0 Å². The van der Waals surface area contributed by atoms with Crippen LogP contribution in [-0.2, 0) is 21.3 Å². The van der Waals surface area contributed by atoms with Crippen LogP contribution in [0.2, 0.25) is 5.02 Å². The largest absolute Gasteiger partial charge is 0.497 e. The molecule has 0 saturated carbocycles. The highest BCUT2D eigenvalue weighted by Crippen LogP contribution is 2.24. The molecule has 0 aliphatic carbocycles. The smallest absolute Gasteiger partial charge is 0.120 e. The van der Waals surface area contributed by atoms with Crippen LogP contribution < -0.4 is 4.74 Å². The average Bonchev–Trinajstić information content (AvgIpc) is 2.92. The standard InChI is InChI=1S/C14H19ClO3S/c1-17-13-5-4-11(14(15)9-13)10-19(16)8-6-12-3-2-7-18-12/h4-5,9,12H,2-3,6-8,10H2,1H3/t12-,19-/m0/s1. The maximum Gasteiger partial charge on any atom is 0.120 e. The molecule has 2 atom stereocenters. The molecule has 5 heteroatoms. The molecule has 1 fully saturated rings. The van der Waals surface area contributed by atoms with Gasteiger partial charge in [0.05, 0.1) is 13.2 Å². The summed E-state index contributed by atoms with van der Waals surface area (Å²) in [4.78, 5) is 0. The minimum absolute atomic E-state index is 0.301. The van der Waals surface area contributed by atoms with Gasteiger partial charge in [-0.1, -0.05) is 17.7 Å². The number of rotatable bonds is 6. The molecule has 0 radical (unpaired) electrons.